The lowest BCUT2D eigenvalue weighted by Crippen LogP contribution is -2.35. The summed E-state index contributed by atoms with van der Waals surface area (Å²) in [6, 6.07) is 15.2. The normalized spacial score (nSPS) is 11.7. The fraction of sp³-hybridized carbons (Fsp3) is 0.190. The third-order valence-corrected chi connectivity index (χ3v) is 4.26. The summed E-state index contributed by atoms with van der Waals surface area (Å²) in [5, 5.41) is 6.89. The summed E-state index contributed by atoms with van der Waals surface area (Å²) < 4.78 is 19.8. The number of halogens is 1. The van der Waals surface area contributed by atoms with Crippen molar-refractivity contribution >= 4 is 11.9 Å². The Balaban J connectivity index is 1.60. The van der Waals surface area contributed by atoms with Crippen LogP contribution in [0.15, 0.2) is 60.8 Å². The van der Waals surface area contributed by atoms with Gasteiger partial charge in [0.1, 0.15) is 11.4 Å². The van der Waals surface area contributed by atoms with E-state index in [0.717, 1.165) is 11.3 Å². The molecule has 0 aliphatic heterocycles. The van der Waals surface area contributed by atoms with Gasteiger partial charge in [0.05, 0.1) is 17.6 Å². The molecule has 28 heavy (non-hydrogen) atoms. The summed E-state index contributed by atoms with van der Waals surface area (Å²) in [5.74, 6) is -1.40. The van der Waals surface area contributed by atoms with Crippen LogP contribution in [0.1, 0.15) is 28.5 Å². The van der Waals surface area contributed by atoms with E-state index >= 15 is 0 Å². The number of carbonyl (C=O) groups excluding carboxylic acids is 2. The molecule has 0 saturated heterocycles. The van der Waals surface area contributed by atoms with Crippen molar-refractivity contribution < 1.29 is 18.7 Å². The number of esters is 1. The standard InChI is InChI=1S/C21H20FN3O3/c1-14-19(13-24-25(14)18-6-4-3-5-7-18)21(27)28-15(2)20(26)23-12-16-8-10-17(22)11-9-16/h3-11,13,15H,12H2,1-2H3,(H,23,26). The third-order valence-electron chi connectivity index (χ3n) is 4.26. The van der Waals surface area contributed by atoms with Crippen molar-refractivity contribution in [3.8, 4) is 5.69 Å². The molecule has 1 atom stereocenters. The zero-order valence-electron chi connectivity index (χ0n) is 15.6. The quantitative estimate of drug-likeness (QED) is 0.666. The third kappa shape index (κ3) is 4.43. The molecule has 1 N–H and O–H groups in total. The SMILES string of the molecule is Cc1c(C(=O)OC(C)C(=O)NCc2ccc(F)cc2)cnn1-c1ccccc1. The first kappa shape index (κ1) is 19.3. The first-order valence-electron chi connectivity index (χ1n) is 8.79. The Kier molecular flexibility index (Phi) is 5.84. The number of nitrogens with zero attached hydrogens (tertiary/aromatic N) is 2. The second-order valence-electron chi connectivity index (χ2n) is 6.28. The van der Waals surface area contributed by atoms with Crippen LogP contribution in [0.5, 0.6) is 0 Å². The Morgan fingerprint density at radius 1 is 1.14 bits per heavy atom. The molecule has 7 heteroatoms. The van der Waals surface area contributed by atoms with Gasteiger partial charge in [-0.05, 0) is 43.7 Å². The minimum Gasteiger partial charge on any atom is -0.449 e. The smallest absolute Gasteiger partial charge is 0.342 e. The van der Waals surface area contributed by atoms with Crippen molar-refractivity contribution in [2.24, 2.45) is 0 Å². The number of para-hydroxylation sites is 1. The first-order valence-corrected chi connectivity index (χ1v) is 8.79. The zero-order valence-corrected chi connectivity index (χ0v) is 15.6. The lowest BCUT2D eigenvalue weighted by molar-refractivity contribution is -0.129. The number of aromatic nitrogens is 2. The molecule has 3 aromatic rings. The number of amides is 1. The summed E-state index contributed by atoms with van der Waals surface area (Å²) in [5.41, 5.74) is 2.48. The molecule has 3 rings (SSSR count). The molecule has 0 bridgehead atoms. The zero-order chi connectivity index (χ0) is 20.1. The summed E-state index contributed by atoms with van der Waals surface area (Å²) in [7, 11) is 0. The molecule has 1 amide bonds. The lowest BCUT2D eigenvalue weighted by Gasteiger charge is -2.13. The van der Waals surface area contributed by atoms with E-state index in [4.69, 9.17) is 4.74 Å². The largest absolute Gasteiger partial charge is 0.449 e. The van der Waals surface area contributed by atoms with Crippen LogP contribution in [0.2, 0.25) is 0 Å². The van der Waals surface area contributed by atoms with E-state index in [0.29, 0.717) is 11.3 Å². The van der Waals surface area contributed by atoms with Crippen molar-refractivity contribution in [2.75, 3.05) is 0 Å². The van der Waals surface area contributed by atoms with Gasteiger partial charge < -0.3 is 10.1 Å². The fourth-order valence-corrected chi connectivity index (χ4v) is 2.65. The van der Waals surface area contributed by atoms with Gasteiger partial charge in [-0.3, -0.25) is 4.79 Å². The number of nitrogens with one attached hydrogen (secondary N) is 1. The molecule has 1 aromatic heterocycles. The molecule has 0 saturated carbocycles. The fourth-order valence-electron chi connectivity index (χ4n) is 2.65. The number of hydrogen-bond acceptors (Lipinski definition) is 4. The van der Waals surface area contributed by atoms with E-state index in [1.807, 2.05) is 30.3 Å². The van der Waals surface area contributed by atoms with Gasteiger partial charge in [-0.1, -0.05) is 30.3 Å². The molecule has 2 aromatic carbocycles. The lowest BCUT2D eigenvalue weighted by atomic mass is 10.2. The van der Waals surface area contributed by atoms with Crippen LogP contribution < -0.4 is 5.32 Å². The number of hydrogen-bond donors (Lipinski definition) is 1. The molecule has 0 aliphatic rings. The molecule has 0 radical (unpaired) electrons. The Morgan fingerprint density at radius 3 is 2.50 bits per heavy atom. The van der Waals surface area contributed by atoms with Crippen LogP contribution in [0.25, 0.3) is 5.69 Å². The van der Waals surface area contributed by atoms with E-state index in [-0.39, 0.29) is 12.4 Å². The molecule has 144 valence electrons. The van der Waals surface area contributed by atoms with Crippen molar-refractivity contribution in [1.82, 2.24) is 15.1 Å². The van der Waals surface area contributed by atoms with Crippen molar-refractivity contribution in [1.29, 1.82) is 0 Å². The van der Waals surface area contributed by atoms with Crippen molar-refractivity contribution in [2.45, 2.75) is 26.5 Å². The van der Waals surface area contributed by atoms with Crippen LogP contribution >= 0.6 is 0 Å². The number of ether oxygens (including phenoxy) is 1. The average Bonchev–Trinajstić information content (AvgIpc) is 3.09. The maximum Gasteiger partial charge on any atom is 0.342 e. The molecule has 0 aliphatic carbocycles. The van der Waals surface area contributed by atoms with Crippen LogP contribution in [0, 0.1) is 12.7 Å². The minimum absolute atomic E-state index is 0.214. The van der Waals surface area contributed by atoms with Gasteiger partial charge in [-0.2, -0.15) is 5.10 Å². The molecular weight excluding hydrogens is 361 g/mol. The highest BCUT2D eigenvalue weighted by atomic mass is 19.1. The number of carbonyl (C=O) groups is 2. The summed E-state index contributed by atoms with van der Waals surface area (Å²) in [4.78, 5) is 24.6. The molecule has 1 heterocycles. The molecule has 6 nitrogen and oxygen atoms in total. The van der Waals surface area contributed by atoms with Crippen LogP contribution in [0.3, 0.4) is 0 Å². The highest BCUT2D eigenvalue weighted by Crippen LogP contribution is 2.15. The molecular formula is C21H20FN3O3. The van der Waals surface area contributed by atoms with E-state index < -0.39 is 18.0 Å². The number of rotatable bonds is 6. The monoisotopic (exact) mass is 381 g/mol. The van der Waals surface area contributed by atoms with Gasteiger partial charge >= 0.3 is 5.97 Å². The average molecular weight is 381 g/mol. The van der Waals surface area contributed by atoms with Crippen molar-refractivity contribution in [3.63, 3.8) is 0 Å². The number of benzene rings is 2. The van der Waals surface area contributed by atoms with Crippen LogP contribution in [-0.4, -0.2) is 27.8 Å². The van der Waals surface area contributed by atoms with Gasteiger partial charge in [0, 0.05) is 6.54 Å². The highest BCUT2D eigenvalue weighted by molar-refractivity contribution is 5.93. The predicted molar refractivity (Wildman–Crippen MR) is 101 cm³/mol. The summed E-state index contributed by atoms with van der Waals surface area (Å²) >= 11 is 0. The maximum atomic E-state index is 12.9. The first-order chi connectivity index (χ1) is 13.5. The van der Waals surface area contributed by atoms with E-state index in [2.05, 4.69) is 10.4 Å². The Labute approximate surface area is 161 Å². The van der Waals surface area contributed by atoms with Gasteiger partial charge in [0.2, 0.25) is 0 Å². The second kappa shape index (κ2) is 8.47. The Hall–Kier alpha value is -3.48. The van der Waals surface area contributed by atoms with E-state index in [9.17, 15) is 14.0 Å². The van der Waals surface area contributed by atoms with Gasteiger partial charge in [0.25, 0.3) is 5.91 Å². The Morgan fingerprint density at radius 2 is 1.82 bits per heavy atom. The van der Waals surface area contributed by atoms with E-state index in [1.165, 1.54) is 25.3 Å². The van der Waals surface area contributed by atoms with Gasteiger partial charge in [-0.15, -0.1) is 0 Å². The van der Waals surface area contributed by atoms with Crippen molar-refractivity contribution in [3.05, 3.63) is 83.4 Å². The predicted octanol–water partition coefficient (Wildman–Crippen LogP) is 3.18. The summed E-state index contributed by atoms with van der Waals surface area (Å²) in [6.07, 6.45) is 0.445. The topological polar surface area (TPSA) is 73.2 Å². The second-order valence-corrected chi connectivity index (χ2v) is 6.28. The van der Waals surface area contributed by atoms with Gasteiger partial charge in [0.15, 0.2) is 6.10 Å². The van der Waals surface area contributed by atoms with Crippen LogP contribution in [0.4, 0.5) is 4.39 Å². The van der Waals surface area contributed by atoms with E-state index in [1.54, 1.807) is 23.7 Å². The molecule has 1 unspecified atom stereocenters. The van der Waals surface area contributed by atoms with Crippen LogP contribution in [-0.2, 0) is 16.1 Å². The minimum atomic E-state index is -0.979. The van der Waals surface area contributed by atoms with Gasteiger partial charge in [-0.25, -0.2) is 13.9 Å². The maximum absolute atomic E-state index is 12.9. The molecule has 0 spiro atoms. The Bertz CT molecular complexity index is 968. The molecule has 0 fully saturated rings. The summed E-state index contributed by atoms with van der Waals surface area (Å²) in [6.45, 7) is 3.47. The highest BCUT2D eigenvalue weighted by Gasteiger charge is 2.22.